The SMILES string of the molecule is CCn1cc(Br)c(C(=O)Nc2cc(C)ccc2OC)n1. The third-order valence-electron chi connectivity index (χ3n) is 2.86. The Balaban J connectivity index is 2.27. The van der Waals surface area contributed by atoms with Crippen LogP contribution in [0.15, 0.2) is 28.9 Å². The predicted molar refractivity (Wildman–Crippen MR) is 81.3 cm³/mol. The van der Waals surface area contributed by atoms with E-state index in [2.05, 4.69) is 26.3 Å². The van der Waals surface area contributed by atoms with Gasteiger partial charge in [-0.1, -0.05) is 6.07 Å². The molecule has 2 aromatic rings. The number of amides is 1. The van der Waals surface area contributed by atoms with E-state index < -0.39 is 0 Å². The van der Waals surface area contributed by atoms with Crippen molar-refractivity contribution < 1.29 is 9.53 Å². The lowest BCUT2D eigenvalue weighted by molar-refractivity contribution is 0.102. The van der Waals surface area contributed by atoms with Crippen LogP contribution in [0, 0.1) is 6.92 Å². The molecule has 0 saturated carbocycles. The lowest BCUT2D eigenvalue weighted by atomic mass is 10.2. The second-order valence-corrected chi connectivity index (χ2v) is 5.19. The summed E-state index contributed by atoms with van der Waals surface area (Å²) >= 11 is 3.35. The summed E-state index contributed by atoms with van der Waals surface area (Å²) in [4.78, 5) is 12.3. The molecule has 106 valence electrons. The van der Waals surface area contributed by atoms with Crippen molar-refractivity contribution in [2.45, 2.75) is 20.4 Å². The number of hydrogen-bond acceptors (Lipinski definition) is 3. The number of hydrogen-bond donors (Lipinski definition) is 1. The minimum absolute atomic E-state index is 0.270. The van der Waals surface area contributed by atoms with E-state index in [4.69, 9.17) is 4.74 Å². The summed E-state index contributed by atoms with van der Waals surface area (Å²) in [7, 11) is 1.57. The van der Waals surface area contributed by atoms with Crippen molar-refractivity contribution >= 4 is 27.5 Å². The lowest BCUT2D eigenvalue weighted by Gasteiger charge is -2.10. The lowest BCUT2D eigenvalue weighted by Crippen LogP contribution is -2.14. The van der Waals surface area contributed by atoms with Crippen LogP contribution in [-0.2, 0) is 6.54 Å². The fourth-order valence-electron chi connectivity index (χ4n) is 1.81. The maximum atomic E-state index is 12.3. The number of carbonyl (C=O) groups is 1. The number of rotatable bonds is 4. The van der Waals surface area contributed by atoms with E-state index in [0.29, 0.717) is 28.1 Å². The fourth-order valence-corrected chi connectivity index (χ4v) is 2.31. The molecule has 1 amide bonds. The number of methoxy groups -OCH3 is 1. The van der Waals surface area contributed by atoms with Gasteiger partial charge >= 0.3 is 0 Å². The van der Waals surface area contributed by atoms with E-state index in [-0.39, 0.29) is 5.91 Å². The number of aromatic nitrogens is 2. The first-order valence-electron chi connectivity index (χ1n) is 6.24. The van der Waals surface area contributed by atoms with E-state index in [1.807, 2.05) is 32.0 Å². The molecule has 1 N–H and O–H groups in total. The van der Waals surface area contributed by atoms with Crippen molar-refractivity contribution in [1.29, 1.82) is 0 Å². The highest BCUT2D eigenvalue weighted by Gasteiger charge is 2.16. The smallest absolute Gasteiger partial charge is 0.277 e. The second kappa shape index (κ2) is 6.09. The van der Waals surface area contributed by atoms with Gasteiger partial charge in [-0.05, 0) is 47.5 Å². The molecular weight excluding hydrogens is 322 g/mol. The molecule has 0 aliphatic rings. The van der Waals surface area contributed by atoms with Crippen molar-refractivity contribution in [2.75, 3.05) is 12.4 Å². The molecule has 0 atom stereocenters. The van der Waals surface area contributed by atoms with Gasteiger partial charge in [0.1, 0.15) is 5.75 Å². The Hall–Kier alpha value is -1.82. The normalized spacial score (nSPS) is 10.4. The minimum atomic E-state index is -0.270. The highest BCUT2D eigenvalue weighted by atomic mass is 79.9. The van der Waals surface area contributed by atoms with Crippen LogP contribution in [-0.4, -0.2) is 22.8 Å². The molecule has 2 rings (SSSR count). The highest BCUT2D eigenvalue weighted by molar-refractivity contribution is 9.10. The zero-order valence-electron chi connectivity index (χ0n) is 11.6. The van der Waals surface area contributed by atoms with Gasteiger partial charge in [-0.25, -0.2) is 0 Å². The van der Waals surface area contributed by atoms with Gasteiger partial charge in [0.25, 0.3) is 5.91 Å². The molecule has 0 fully saturated rings. The molecule has 6 heteroatoms. The molecule has 0 spiro atoms. The molecule has 0 aliphatic heterocycles. The van der Waals surface area contributed by atoms with E-state index in [9.17, 15) is 4.79 Å². The Morgan fingerprint density at radius 2 is 2.25 bits per heavy atom. The van der Waals surface area contributed by atoms with Gasteiger partial charge in [0.15, 0.2) is 5.69 Å². The van der Waals surface area contributed by atoms with E-state index in [0.717, 1.165) is 5.56 Å². The monoisotopic (exact) mass is 337 g/mol. The molecule has 0 radical (unpaired) electrons. The van der Waals surface area contributed by atoms with Crippen LogP contribution >= 0.6 is 15.9 Å². The fraction of sp³-hybridized carbons (Fsp3) is 0.286. The molecule has 1 heterocycles. The van der Waals surface area contributed by atoms with Gasteiger partial charge in [-0.15, -0.1) is 0 Å². The van der Waals surface area contributed by atoms with Crippen LogP contribution in [0.2, 0.25) is 0 Å². The van der Waals surface area contributed by atoms with Gasteiger partial charge in [0, 0.05) is 12.7 Å². The standard InChI is InChI=1S/C14H16BrN3O2/c1-4-18-8-10(15)13(17-18)14(19)16-11-7-9(2)5-6-12(11)20-3/h5-8H,4H2,1-3H3,(H,16,19). The highest BCUT2D eigenvalue weighted by Crippen LogP contribution is 2.26. The molecule has 0 aliphatic carbocycles. The predicted octanol–water partition coefficient (Wildman–Crippen LogP) is 3.23. The van der Waals surface area contributed by atoms with Crippen molar-refractivity contribution in [3.8, 4) is 5.75 Å². The van der Waals surface area contributed by atoms with E-state index >= 15 is 0 Å². The first-order chi connectivity index (χ1) is 9.55. The van der Waals surface area contributed by atoms with Crippen LogP contribution in [0.4, 0.5) is 5.69 Å². The Labute approximate surface area is 126 Å². The summed E-state index contributed by atoms with van der Waals surface area (Å²) in [5.41, 5.74) is 2.03. The van der Waals surface area contributed by atoms with Crippen molar-refractivity contribution in [3.05, 3.63) is 40.1 Å². The maximum Gasteiger partial charge on any atom is 0.277 e. The number of aryl methyl sites for hydroxylation is 2. The third kappa shape index (κ3) is 3.01. The molecule has 0 saturated heterocycles. The molecule has 20 heavy (non-hydrogen) atoms. The molecule has 1 aromatic heterocycles. The summed E-state index contributed by atoms with van der Waals surface area (Å²) in [5.74, 6) is 0.350. The average Bonchev–Trinajstić information content (AvgIpc) is 2.80. The number of carbonyl (C=O) groups excluding carboxylic acids is 1. The van der Waals surface area contributed by atoms with Crippen molar-refractivity contribution in [3.63, 3.8) is 0 Å². The zero-order valence-corrected chi connectivity index (χ0v) is 13.2. The first kappa shape index (κ1) is 14.6. The Morgan fingerprint density at radius 1 is 1.50 bits per heavy atom. The molecule has 5 nitrogen and oxygen atoms in total. The average molecular weight is 338 g/mol. The van der Waals surface area contributed by atoms with Gasteiger partial charge in [-0.2, -0.15) is 5.10 Å². The Morgan fingerprint density at radius 3 is 2.85 bits per heavy atom. The maximum absolute atomic E-state index is 12.3. The van der Waals surface area contributed by atoms with Crippen LogP contribution in [0.5, 0.6) is 5.75 Å². The number of halogens is 1. The van der Waals surface area contributed by atoms with E-state index in [1.54, 1.807) is 18.0 Å². The Bertz CT molecular complexity index is 637. The molecule has 0 unspecified atom stereocenters. The summed E-state index contributed by atoms with van der Waals surface area (Å²) in [6, 6.07) is 5.61. The number of anilines is 1. The number of nitrogens with one attached hydrogen (secondary N) is 1. The molecule has 1 aromatic carbocycles. The van der Waals surface area contributed by atoms with Gasteiger partial charge in [0.2, 0.25) is 0 Å². The summed E-state index contributed by atoms with van der Waals surface area (Å²) < 4.78 is 7.61. The first-order valence-corrected chi connectivity index (χ1v) is 7.03. The van der Waals surface area contributed by atoms with Crippen LogP contribution < -0.4 is 10.1 Å². The van der Waals surface area contributed by atoms with Crippen LogP contribution in [0.1, 0.15) is 23.0 Å². The summed E-state index contributed by atoms with van der Waals surface area (Å²) in [5, 5.41) is 7.05. The molecular formula is C14H16BrN3O2. The largest absolute Gasteiger partial charge is 0.495 e. The van der Waals surface area contributed by atoms with E-state index in [1.165, 1.54) is 0 Å². The van der Waals surface area contributed by atoms with Gasteiger partial charge in [-0.3, -0.25) is 9.48 Å². The zero-order chi connectivity index (χ0) is 14.7. The third-order valence-corrected chi connectivity index (χ3v) is 3.44. The molecule has 0 bridgehead atoms. The van der Waals surface area contributed by atoms with Gasteiger partial charge in [0.05, 0.1) is 17.3 Å². The quantitative estimate of drug-likeness (QED) is 0.931. The number of nitrogens with zero attached hydrogens (tertiary/aromatic N) is 2. The summed E-state index contributed by atoms with van der Waals surface area (Å²) in [6.07, 6.45) is 1.78. The van der Waals surface area contributed by atoms with Crippen molar-refractivity contribution in [2.24, 2.45) is 0 Å². The number of ether oxygens (including phenoxy) is 1. The Kier molecular flexibility index (Phi) is 4.44. The summed E-state index contributed by atoms with van der Waals surface area (Å²) in [6.45, 7) is 4.63. The van der Waals surface area contributed by atoms with Crippen LogP contribution in [0.3, 0.4) is 0 Å². The topological polar surface area (TPSA) is 56.2 Å². The van der Waals surface area contributed by atoms with Crippen LogP contribution in [0.25, 0.3) is 0 Å². The van der Waals surface area contributed by atoms with Crippen molar-refractivity contribution in [1.82, 2.24) is 9.78 Å². The second-order valence-electron chi connectivity index (χ2n) is 4.34. The number of benzene rings is 1. The van der Waals surface area contributed by atoms with Gasteiger partial charge < -0.3 is 10.1 Å². The minimum Gasteiger partial charge on any atom is -0.495 e.